The molecule has 18 heavy (non-hydrogen) atoms. The van der Waals surface area contributed by atoms with Gasteiger partial charge in [0.2, 0.25) is 0 Å². The van der Waals surface area contributed by atoms with Gasteiger partial charge in [-0.2, -0.15) is 0 Å². The van der Waals surface area contributed by atoms with Crippen molar-refractivity contribution < 1.29 is 4.74 Å². The van der Waals surface area contributed by atoms with Crippen LogP contribution in [0.4, 0.5) is 5.69 Å². The van der Waals surface area contributed by atoms with Gasteiger partial charge in [-0.1, -0.05) is 12.1 Å². The molecule has 3 rings (SSSR count). The van der Waals surface area contributed by atoms with Gasteiger partial charge in [-0.25, -0.2) is 0 Å². The summed E-state index contributed by atoms with van der Waals surface area (Å²) in [5, 5.41) is 0. The summed E-state index contributed by atoms with van der Waals surface area (Å²) in [7, 11) is 4.02. The maximum atomic E-state index is 5.52. The van der Waals surface area contributed by atoms with Gasteiger partial charge >= 0.3 is 0 Å². The Morgan fingerprint density at radius 1 is 1.33 bits per heavy atom. The molecule has 1 atom stereocenters. The fraction of sp³-hybridized carbons (Fsp3) is 0.600. The van der Waals surface area contributed by atoms with Crippen LogP contribution >= 0.6 is 0 Å². The van der Waals surface area contributed by atoms with E-state index in [1.54, 1.807) is 7.11 Å². The number of nitrogens with zero attached hydrogens (tertiary/aromatic N) is 2. The highest BCUT2D eigenvalue weighted by molar-refractivity contribution is 5.67. The first-order valence-electron chi connectivity index (χ1n) is 6.90. The molecule has 1 unspecified atom stereocenters. The van der Waals surface area contributed by atoms with Crippen LogP contribution in [0.2, 0.25) is 0 Å². The minimum Gasteiger partial charge on any atom is -0.495 e. The lowest BCUT2D eigenvalue weighted by Gasteiger charge is -2.28. The first-order chi connectivity index (χ1) is 8.79. The van der Waals surface area contributed by atoms with Crippen molar-refractivity contribution in [3.8, 4) is 5.75 Å². The van der Waals surface area contributed by atoms with Gasteiger partial charge in [0.05, 0.1) is 12.8 Å². The molecule has 2 aliphatic rings. The van der Waals surface area contributed by atoms with Crippen molar-refractivity contribution in [3.05, 3.63) is 23.8 Å². The van der Waals surface area contributed by atoms with Crippen LogP contribution in [-0.4, -0.2) is 44.7 Å². The van der Waals surface area contributed by atoms with Crippen molar-refractivity contribution in [1.29, 1.82) is 0 Å². The third-order valence-electron chi connectivity index (χ3n) is 4.37. The molecule has 1 aromatic carbocycles. The Labute approximate surface area is 109 Å². The molecular formula is C15H22N2O. The van der Waals surface area contributed by atoms with E-state index in [1.165, 1.54) is 30.6 Å². The van der Waals surface area contributed by atoms with Crippen molar-refractivity contribution in [1.82, 2.24) is 4.90 Å². The van der Waals surface area contributed by atoms with Gasteiger partial charge < -0.3 is 14.5 Å². The zero-order chi connectivity index (χ0) is 12.5. The number of fused-ring (bicyclic) bond motifs is 1. The molecule has 1 saturated heterocycles. The summed E-state index contributed by atoms with van der Waals surface area (Å²) in [4.78, 5) is 5.01. The lowest BCUT2D eigenvalue weighted by Crippen LogP contribution is -2.37. The molecule has 0 aromatic heterocycles. The number of anilines is 1. The Kier molecular flexibility index (Phi) is 3.16. The largest absolute Gasteiger partial charge is 0.495 e. The maximum Gasteiger partial charge on any atom is 0.142 e. The first kappa shape index (κ1) is 11.8. The van der Waals surface area contributed by atoms with E-state index in [2.05, 4.69) is 35.0 Å². The molecule has 0 amide bonds. The van der Waals surface area contributed by atoms with E-state index in [0.717, 1.165) is 25.3 Å². The van der Waals surface area contributed by atoms with E-state index in [1.807, 2.05) is 0 Å². The minimum absolute atomic E-state index is 0.709. The molecule has 3 nitrogen and oxygen atoms in total. The molecule has 3 heteroatoms. The summed E-state index contributed by atoms with van der Waals surface area (Å²) >= 11 is 0. The molecule has 2 heterocycles. The van der Waals surface area contributed by atoms with Crippen LogP contribution in [0.3, 0.4) is 0 Å². The fourth-order valence-electron chi connectivity index (χ4n) is 3.31. The van der Waals surface area contributed by atoms with Crippen molar-refractivity contribution in [3.63, 3.8) is 0 Å². The lowest BCUT2D eigenvalue weighted by molar-refractivity contribution is 0.312. The highest BCUT2D eigenvalue weighted by Crippen LogP contribution is 2.37. The molecule has 0 spiro atoms. The van der Waals surface area contributed by atoms with Crippen LogP contribution in [0.1, 0.15) is 18.4 Å². The van der Waals surface area contributed by atoms with Crippen LogP contribution in [0.5, 0.6) is 5.75 Å². The Bertz CT molecular complexity index is 433. The zero-order valence-electron chi connectivity index (χ0n) is 11.4. The van der Waals surface area contributed by atoms with Gasteiger partial charge in [-0.3, -0.25) is 0 Å². The first-order valence-corrected chi connectivity index (χ1v) is 6.90. The predicted octanol–water partition coefficient (Wildman–Crippen LogP) is 2.15. The zero-order valence-corrected chi connectivity index (χ0v) is 11.4. The number of likely N-dealkylation sites (N-methyl/N-ethyl adjacent to an activating group) is 1. The molecular weight excluding hydrogens is 224 g/mol. The van der Waals surface area contributed by atoms with Gasteiger partial charge in [0.1, 0.15) is 5.75 Å². The van der Waals surface area contributed by atoms with Gasteiger partial charge in [0.15, 0.2) is 0 Å². The summed E-state index contributed by atoms with van der Waals surface area (Å²) in [6.45, 7) is 3.53. The number of methoxy groups -OCH3 is 1. The number of hydrogen-bond acceptors (Lipinski definition) is 3. The predicted molar refractivity (Wildman–Crippen MR) is 74.6 cm³/mol. The van der Waals surface area contributed by atoms with Crippen molar-refractivity contribution >= 4 is 5.69 Å². The van der Waals surface area contributed by atoms with E-state index >= 15 is 0 Å². The molecule has 0 bridgehead atoms. The molecule has 0 saturated carbocycles. The minimum atomic E-state index is 0.709. The second-order valence-electron chi connectivity index (χ2n) is 5.44. The van der Waals surface area contributed by atoms with Crippen molar-refractivity contribution in [2.75, 3.05) is 38.7 Å². The van der Waals surface area contributed by atoms with E-state index in [0.29, 0.717) is 6.04 Å². The number of likely N-dealkylation sites (tertiary alicyclic amines) is 1. The summed E-state index contributed by atoms with van der Waals surface area (Å²) in [5.74, 6) is 1.03. The topological polar surface area (TPSA) is 15.7 Å². The highest BCUT2D eigenvalue weighted by Gasteiger charge is 2.28. The average Bonchev–Trinajstić information content (AvgIpc) is 2.97. The molecule has 0 radical (unpaired) electrons. The van der Waals surface area contributed by atoms with E-state index in [-0.39, 0.29) is 0 Å². The summed E-state index contributed by atoms with van der Waals surface area (Å²) in [5.41, 5.74) is 2.77. The SMILES string of the molecule is COc1cccc2c1N(CC1CCCN1C)CC2. The maximum absolute atomic E-state index is 5.52. The fourth-order valence-corrected chi connectivity index (χ4v) is 3.31. The third kappa shape index (κ3) is 1.97. The number of ether oxygens (including phenoxy) is 1. The summed E-state index contributed by atoms with van der Waals surface area (Å²) in [6.07, 6.45) is 3.83. The lowest BCUT2D eigenvalue weighted by atomic mass is 10.1. The van der Waals surface area contributed by atoms with Crippen LogP contribution in [0.15, 0.2) is 18.2 Å². The molecule has 2 aliphatic heterocycles. The Morgan fingerprint density at radius 2 is 2.22 bits per heavy atom. The number of hydrogen-bond donors (Lipinski definition) is 0. The molecule has 1 fully saturated rings. The summed E-state index contributed by atoms with van der Waals surface area (Å²) in [6, 6.07) is 7.12. The Hall–Kier alpha value is -1.22. The number of benzene rings is 1. The van der Waals surface area contributed by atoms with E-state index in [4.69, 9.17) is 4.74 Å². The van der Waals surface area contributed by atoms with Crippen LogP contribution < -0.4 is 9.64 Å². The van der Waals surface area contributed by atoms with Gasteiger partial charge in [-0.05, 0) is 44.5 Å². The standard InChI is InChI=1S/C15H22N2O/c1-16-9-4-6-13(16)11-17-10-8-12-5-3-7-14(18-2)15(12)17/h3,5,7,13H,4,6,8-11H2,1-2H3. The molecule has 0 N–H and O–H groups in total. The average molecular weight is 246 g/mol. The van der Waals surface area contributed by atoms with Gasteiger partial charge in [0, 0.05) is 19.1 Å². The van der Waals surface area contributed by atoms with E-state index in [9.17, 15) is 0 Å². The smallest absolute Gasteiger partial charge is 0.142 e. The Balaban J connectivity index is 1.81. The van der Waals surface area contributed by atoms with Crippen LogP contribution in [0.25, 0.3) is 0 Å². The molecule has 0 aliphatic carbocycles. The second-order valence-corrected chi connectivity index (χ2v) is 5.44. The normalized spacial score (nSPS) is 23.4. The highest BCUT2D eigenvalue weighted by atomic mass is 16.5. The van der Waals surface area contributed by atoms with Crippen molar-refractivity contribution in [2.24, 2.45) is 0 Å². The Morgan fingerprint density at radius 3 is 2.94 bits per heavy atom. The summed E-state index contributed by atoms with van der Waals surface area (Å²) < 4.78 is 5.52. The van der Waals surface area contributed by atoms with E-state index < -0.39 is 0 Å². The van der Waals surface area contributed by atoms with Crippen molar-refractivity contribution in [2.45, 2.75) is 25.3 Å². The number of para-hydroxylation sites is 1. The quantitative estimate of drug-likeness (QED) is 0.813. The van der Waals surface area contributed by atoms with Crippen LogP contribution in [-0.2, 0) is 6.42 Å². The van der Waals surface area contributed by atoms with Gasteiger partial charge in [0.25, 0.3) is 0 Å². The molecule has 1 aromatic rings. The van der Waals surface area contributed by atoms with Crippen LogP contribution in [0, 0.1) is 0 Å². The third-order valence-corrected chi connectivity index (χ3v) is 4.37. The monoisotopic (exact) mass is 246 g/mol. The van der Waals surface area contributed by atoms with Gasteiger partial charge in [-0.15, -0.1) is 0 Å². The second kappa shape index (κ2) is 4.81. The molecule has 98 valence electrons. The number of rotatable bonds is 3.